The second-order valence-electron chi connectivity index (χ2n) is 6.18. The summed E-state index contributed by atoms with van der Waals surface area (Å²) >= 11 is 19.0. The van der Waals surface area contributed by atoms with Crippen LogP contribution in [0, 0.1) is 5.92 Å². The molecule has 0 bridgehead atoms. The molecule has 1 amide bonds. The van der Waals surface area contributed by atoms with Gasteiger partial charge in [0.1, 0.15) is 4.88 Å². The Bertz CT molecular complexity index is 790. The van der Waals surface area contributed by atoms with Gasteiger partial charge in [0.05, 0.1) is 5.02 Å². The molecule has 1 saturated carbocycles. The Balaban J connectivity index is 1.70. The van der Waals surface area contributed by atoms with E-state index in [1.54, 1.807) is 6.07 Å². The smallest absolute Gasteiger partial charge is 0.269 e. The molecule has 1 heterocycles. The number of thiophene rings is 1. The zero-order valence-corrected chi connectivity index (χ0v) is 16.3. The Hall–Kier alpha value is -0.880. The van der Waals surface area contributed by atoms with Gasteiger partial charge in [-0.25, -0.2) is 0 Å². The molecule has 0 saturated heterocycles. The monoisotopic (exact) mass is 400 g/mol. The zero-order valence-electron chi connectivity index (χ0n) is 13.2. The minimum Gasteiger partial charge on any atom is -0.359 e. The molecule has 24 heavy (non-hydrogen) atoms. The van der Waals surface area contributed by atoms with Crippen LogP contribution < -0.4 is 10.6 Å². The van der Waals surface area contributed by atoms with Crippen molar-refractivity contribution < 1.29 is 4.79 Å². The van der Waals surface area contributed by atoms with Crippen LogP contribution in [0.1, 0.15) is 42.3 Å². The fourth-order valence-corrected chi connectivity index (χ4v) is 5.01. The third-order valence-corrected chi connectivity index (χ3v) is 6.56. The van der Waals surface area contributed by atoms with E-state index in [4.69, 9.17) is 35.4 Å². The summed E-state index contributed by atoms with van der Waals surface area (Å²) in [5.41, 5.74) is 0. The van der Waals surface area contributed by atoms with Crippen LogP contribution in [0.2, 0.25) is 10.0 Å². The molecule has 2 atom stereocenters. The van der Waals surface area contributed by atoms with E-state index in [1.807, 2.05) is 12.1 Å². The van der Waals surface area contributed by atoms with Crippen LogP contribution in [0.15, 0.2) is 18.2 Å². The Morgan fingerprint density at radius 3 is 2.79 bits per heavy atom. The van der Waals surface area contributed by atoms with E-state index in [2.05, 4.69) is 17.6 Å². The fourth-order valence-electron chi connectivity index (χ4n) is 3.08. The molecule has 1 aliphatic rings. The van der Waals surface area contributed by atoms with Crippen molar-refractivity contribution in [2.75, 3.05) is 0 Å². The van der Waals surface area contributed by atoms with Crippen LogP contribution in [0.5, 0.6) is 0 Å². The van der Waals surface area contributed by atoms with Crippen LogP contribution in [-0.4, -0.2) is 17.1 Å². The lowest BCUT2D eigenvalue weighted by Gasteiger charge is -2.30. The molecule has 1 aromatic carbocycles. The SMILES string of the molecule is C[C@@H]1CCCC[C@@H]1NC(=S)NC(=O)c1sc2cc(Cl)ccc2c1Cl. The summed E-state index contributed by atoms with van der Waals surface area (Å²) in [7, 11) is 0. The number of rotatable bonds is 2. The summed E-state index contributed by atoms with van der Waals surface area (Å²) in [5, 5.41) is 8.29. The van der Waals surface area contributed by atoms with Gasteiger partial charge in [-0.05, 0) is 43.1 Å². The zero-order chi connectivity index (χ0) is 17.3. The van der Waals surface area contributed by atoms with Crippen molar-refractivity contribution in [3.8, 4) is 0 Å². The van der Waals surface area contributed by atoms with Crippen LogP contribution in [0.4, 0.5) is 0 Å². The highest BCUT2D eigenvalue weighted by atomic mass is 35.5. The minimum absolute atomic E-state index is 0.279. The largest absolute Gasteiger partial charge is 0.359 e. The first-order valence-corrected chi connectivity index (χ1v) is 9.93. The molecule has 128 valence electrons. The van der Waals surface area contributed by atoms with Gasteiger partial charge in [0.15, 0.2) is 5.11 Å². The van der Waals surface area contributed by atoms with Crippen molar-refractivity contribution in [2.24, 2.45) is 5.92 Å². The first kappa shape index (κ1) is 17.9. The number of fused-ring (bicyclic) bond motifs is 1. The Labute approximate surface area is 160 Å². The van der Waals surface area contributed by atoms with E-state index < -0.39 is 0 Å². The topological polar surface area (TPSA) is 41.1 Å². The molecule has 7 heteroatoms. The van der Waals surface area contributed by atoms with Gasteiger partial charge in [0, 0.05) is 21.2 Å². The lowest BCUT2D eigenvalue weighted by molar-refractivity contribution is 0.0980. The third kappa shape index (κ3) is 3.85. The molecule has 2 aromatic rings. The van der Waals surface area contributed by atoms with Crippen LogP contribution >= 0.6 is 46.8 Å². The maximum absolute atomic E-state index is 12.5. The molecular formula is C17H18Cl2N2OS2. The normalized spacial score (nSPS) is 20.8. The van der Waals surface area contributed by atoms with Crippen LogP contribution in [0.25, 0.3) is 10.1 Å². The van der Waals surface area contributed by atoms with E-state index in [1.165, 1.54) is 30.6 Å². The summed E-state index contributed by atoms with van der Waals surface area (Å²) in [6.07, 6.45) is 4.73. The van der Waals surface area contributed by atoms with Gasteiger partial charge < -0.3 is 5.32 Å². The van der Waals surface area contributed by atoms with Gasteiger partial charge in [-0.1, -0.05) is 49.0 Å². The number of carbonyl (C=O) groups is 1. The molecule has 1 aromatic heterocycles. The van der Waals surface area contributed by atoms with E-state index in [0.717, 1.165) is 16.5 Å². The molecular weight excluding hydrogens is 383 g/mol. The summed E-state index contributed by atoms with van der Waals surface area (Å²) in [6.45, 7) is 2.22. The van der Waals surface area contributed by atoms with Gasteiger partial charge in [0.2, 0.25) is 0 Å². The van der Waals surface area contributed by atoms with Gasteiger partial charge in [0.25, 0.3) is 5.91 Å². The van der Waals surface area contributed by atoms with Gasteiger partial charge in [-0.2, -0.15) is 0 Å². The van der Waals surface area contributed by atoms with Crippen LogP contribution in [0.3, 0.4) is 0 Å². The van der Waals surface area contributed by atoms with Crippen molar-refractivity contribution in [1.82, 2.24) is 10.6 Å². The second kappa shape index (κ2) is 7.56. The van der Waals surface area contributed by atoms with E-state index in [9.17, 15) is 4.79 Å². The maximum Gasteiger partial charge on any atom is 0.269 e. The Kier molecular flexibility index (Phi) is 5.65. The summed E-state index contributed by atoms with van der Waals surface area (Å²) in [6, 6.07) is 5.72. The number of thiocarbonyl (C=S) groups is 1. The van der Waals surface area contributed by atoms with Crippen molar-refractivity contribution in [3.05, 3.63) is 33.1 Å². The Morgan fingerprint density at radius 1 is 1.29 bits per heavy atom. The average molecular weight is 401 g/mol. The molecule has 0 aliphatic heterocycles. The number of amides is 1. The fraction of sp³-hybridized carbons (Fsp3) is 0.412. The summed E-state index contributed by atoms with van der Waals surface area (Å²) < 4.78 is 0.887. The molecule has 0 spiro atoms. The highest BCUT2D eigenvalue weighted by Crippen LogP contribution is 2.36. The summed E-state index contributed by atoms with van der Waals surface area (Å²) in [5.74, 6) is 0.280. The lowest BCUT2D eigenvalue weighted by atomic mass is 9.86. The lowest BCUT2D eigenvalue weighted by Crippen LogP contribution is -2.47. The molecule has 1 aliphatic carbocycles. The van der Waals surface area contributed by atoms with Gasteiger partial charge >= 0.3 is 0 Å². The van der Waals surface area contributed by atoms with E-state index >= 15 is 0 Å². The molecule has 2 N–H and O–H groups in total. The first-order valence-electron chi connectivity index (χ1n) is 7.95. The number of hydrogen-bond acceptors (Lipinski definition) is 3. The van der Waals surface area contributed by atoms with Gasteiger partial charge in [-0.15, -0.1) is 11.3 Å². The van der Waals surface area contributed by atoms with Crippen molar-refractivity contribution in [3.63, 3.8) is 0 Å². The Morgan fingerprint density at radius 2 is 2.04 bits per heavy atom. The molecule has 1 fully saturated rings. The molecule has 3 rings (SSSR count). The highest BCUT2D eigenvalue weighted by molar-refractivity contribution is 7.80. The van der Waals surface area contributed by atoms with Crippen molar-refractivity contribution in [2.45, 2.75) is 38.6 Å². The van der Waals surface area contributed by atoms with Crippen molar-refractivity contribution >= 4 is 67.9 Å². The minimum atomic E-state index is -0.279. The second-order valence-corrected chi connectivity index (χ2v) is 8.46. The number of benzene rings is 1. The van der Waals surface area contributed by atoms with E-state index in [-0.39, 0.29) is 5.91 Å². The van der Waals surface area contributed by atoms with Crippen molar-refractivity contribution in [1.29, 1.82) is 0 Å². The summed E-state index contributed by atoms with van der Waals surface area (Å²) in [4.78, 5) is 13.0. The molecule has 0 unspecified atom stereocenters. The van der Waals surface area contributed by atoms with Gasteiger partial charge in [-0.3, -0.25) is 10.1 Å². The number of halogens is 2. The standard InChI is InChI=1S/C17H18Cl2N2OS2/c1-9-4-2-3-5-12(9)20-17(23)21-16(22)15-14(19)11-7-6-10(18)8-13(11)24-15/h6-9,12H,2-5H2,1H3,(H2,20,21,22,23)/t9-,12+/m1/s1. The molecule has 3 nitrogen and oxygen atoms in total. The number of carbonyl (C=O) groups excluding carboxylic acids is 1. The third-order valence-electron chi connectivity index (χ3n) is 4.45. The number of nitrogens with one attached hydrogen (secondary N) is 2. The predicted octanol–water partition coefficient (Wildman–Crippen LogP) is 5.39. The predicted molar refractivity (Wildman–Crippen MR) is 106 cm³/mol. The average Bonchev–Trinajstić information content (AvgIpc) is 2.86. The quantitative estimate of drug-likeness (QED) is 0.663. The molecule has 0 radical (unpaired) electrons. The first-order chi connectivity index (χ1) is 11.5. The highest BCUT2D eigenvalue weighted by Gasteiger charge is 2.23. The van der Waals surface area contributed by atoms with E-state index in [0.29, 0.717) is 32.0 Å². The number of hydrogen-bond donors (Lipinski definition) is 2. The maximum atomic E-state index is 12.5. The van der Waals surface area contributed by atoms with Crippen LogP contribution in [-0.2, 0) is 0 Å².